The first-order valence-corrected chi connectivity index (χ1v) is 9.86. The lowest BCUT2D eigenvalue weighted by atomic mass is 9.93. The van der Waals surface area contributed by atoms with Crippen LogP contribution in [0.1, 0.15) is 56.2 Å². The molecule has 6 heteroatoms. The number of hydrogen-bond acceptors (Lipinski definition) is 5. The first kappa shape index (κ1) is 19.6. The molecule has 0 fully saturated rings. The minimum Gasteiger partial charge on any atom is -0.453 e. The fourth-order valence-corrected chi connectivity index (χ4v) is 3.50. The zero-order valence-electron chi connectivity index (χ0n) is 16.9. The third-order valence-corrected chi connectivity index (χ3v) is 5.07. The molecule has 1 aliphatic rings. The number of carbonyl (C=O) groups excluding carboxylic acids is 2. The minimum atomic E-state index is -0.545. The topological polar surface area (TPSA) is 80.9 Å². The van der Waals surface area contributed by atoms with E-state index in [9.17, 15) is 9.59 Å². The van der Waals surface area contributed by atoms with Crippen LogP contribution in [0.2, 0.25) is 0 Å². The van der Waals surface area contributed by atoms with Crippen molar-refractivity contribution >= 4 is 17.6 Å². The van der Waals surface area contributed by atoms with Gasteiger partial charge in [0.2, 0.25) is 5.76 Å². The predicted molar refractivity (Wildman–Crippen MR) is 113 cm³/mol. The molecule has 6 nitrogen and oxygen atoms in total. The highest BCUT2D eigenvalue weighted by atomic mass is 16.5. The van der Waals surface area contributed by atoms with Crippen LogP contribution in [0.5, 0.6) is 5.75 Å². The standard InChI is InChI=1S/C24H22N2O4/c1-15-11-13-17(14-12-15)23(27)26-25-19-9-6-10-20-21(19)16(2)22(30-20)24(28)29-18-7-4-3-5-8-18/h3-5,7-8,11-14H,6,9-10H2,1-2H3,(H,26,27)/b25-19+. The number of esters is 1. The Hall–Kier alpha value is -3.67. The van der Waals surface area contributed by atoms with Crippen LogP contribution in [-0.4, -0.2) is 17.6 Å². The number of para-hydroxylation sites is 1. The molecule has 1 aliphatic carbocycles. The average Bonchev–Trinajstić information content (AvgIpc) is 3.10. The van der Waals surface area contributed by atoms with Crippen LogP contribution in [0.4, 0.5) is 0 Å². The Labute approximate surface area is 174 Å². The van der Waals surface area contributed by atoms with E-state index in [1.165, 1.54) is 0 Å². The summed E-state index contributed by atoms with van der Waals surface area (Å²) in [5, 5.41) is 4.35. The number of furan rings is 1. The van der Waals surface area contributed by atoms with Crippen molar-refractivity contribution < 1.29 is 18.7 Å². The minimum absolute atomic E-state index is 0.170. The molecular formula is C24H22N2O4. The zero-order chi connectivity index (χ0) is 21.1. The Bertz CT molecular complexity index is 1110. The number of rotatable bonds is 4. The Morgan fingerprint density at radius 3 is 2.47 bits per heavy atom. The highest BCUT2D eigenvalue weighted by Crippen LogP contribution is 2.30. The second-order valence-electron chi connectivity index (χ2n) is 7.28. The normalized spacial score (nSPS) is 14.3. The maximum atomic E-state index is 12.6. The van der Waals surface area contributed by atoms with Crippen molar-refractivity contribution in [1.29, 1.82) is 0 Å². The quantitative estimate of drug-likeness (QED) is 0.393. The third-order valence-electron chi connectivity index (χ3n) is 5.07. The number of benzene rings is 2. The van der Waals surface area contributed by atoms with E-state index in [-0.39, 0.29) is 11.7 Å². The maximum absolute atomic E-state index is 12.6. The van der Waals surface area contributed by atoms with Gasteiger partial charge in [0.1, 0.15) is 11.5 Å². The van der Waals surface area contributed by atoms with Crippen molar-refractivity contribution in [2.75, 3.05) is 0 Å². The first-order valence-electron chi connectivity index (χ1n) is 9.86. The molecule has 0 saturated carbocycles. The zero-order valence-corrected chi connectivity index (χ0v) is 16.9. The molecule has 1 heterocycles. The lowest BCUT2D eigenvalue weighted by Gasteiger charge is -2.13. The van der Waals surface area contributed by atoms with Gasteiger partial charge in [-0.05, 0) is 51.0 Å². The van der Waals surface area contributed by atoms with E-state index in [2.05, 4.69) is 10.5 Å². The monoisotopic (exact) mass is 402 g/mol. The smallest absolute Gasteiger partial charge is 0.379 e. The van der Waals surface area contributed by atoms with E-state index < -0.39 is 5.97 Å². The lowest BCUT2D eigenvalue weighted by molar-refractivity contribution is 0.0698. The van der Waals surface area contributed by atoms with E-state index in [1.807, 2.05) is 32.0 Å². The van der Waals surface area contributed by atoms with E-state index in [0.29, 0.717) is 41.2 Å². The maximum Gasteiger partial charge on any atom is 0.379 e. The molecule has 2 aromatic carbocycles. The molecule has 4 rings (SSSR count). The lowest BCUT2D eigenvalue weighted by Crippen LogP contribution is -2.22. The number of nitrogens with one attached hydrogen (secondary N) is 1. The summed E-state index contributed by atoms with van der Waals surface area (Å²) in [6.45, 7) is 3.78. The summed E-state index contributed by atoms with van der Waals surface area (Å²) in [5.74, 6) is 0.497. The number of hydrogen-bond donors (Lipinski definition) is 1. The van der Waals surface area contributed by atoms with Gasteiger partial charge < -0.3 is 9.15 Å². The number of nitrogens with zero attached hydrogens (tertiary/aromatic N) is 1. The fraction of sp³-hybridized carbons (Fsp3) is 0.208. The first-order chi connectivity index (χ1) is 14.5. The second kappa shape index (κ2) is 8.37. The summed E-state index contributed by atoms with van der Waals surface area (Å²) in [5.41, 5.74) is 6.41. The highest BCUT2D eigenvalue weighted by Gasteiger charge is 2.29. The molecular weight excluding hydrogens is 380 g/mol. The number of amides is 1. The molecule has 1 aromatic heterocycles. The van der Waals surface area contributed by atoms with Crippen molar-refractivity contribution in [3.05, 3.63) is 88.4 Å². The molecule has 1 N–H and O–H groups in total. The molecule has 0 radical (unpaired) electrons. The molecule has 0 saturated heterocycles. The van der Waals surface area contributed by atoms with E-state index in [4.69, 9.17) is 9.15 Å². The van der Waals surface area contributed by atoms with Gasteiger partial charge in [0.15, 0.2) is 0 Å². The van der Waals surface area contributed by atoms with Gasteiger partial charge in [-0.1, -0.05) is 35.9 Å². The third kappa shape index (κ3) is 4.03. The molecule has 1 amide bonds. The molecule has 0 aliphatic heterocycles. The van der Waals surface area contributed by atoms with Crippen molar-refractivity contribution in [2.24, 2.45) is 5.10 Å². The Balaban J connectivity index is 1.56. The summed E-state index contributed by atoms with van der Waals surface area (Å²) in [7, 11) is 0. The molecule has 0 atom stereocenters. The van der Waals surface area contributed by atoms with Gasteiger partial charge in [-0.15, -0.1) is 0 Å². The van der Waals surface area contributed by atoms with Crippen LogP contribution in [0, 0.1) is 13.8 Å². The molecule has 0 unspecified atom stereocenters. The van der Waals surface area contributed by atoms with Crippen LogP contribution in [0.25, 0.3) is 0 Å². The Kier molecular flexibility index (Phi) is 5.48. The summed E-state index contributed by atoms with van der Waals surface area (Å²) >= 11 is 0. The van der Waals surface area contributed by atoms with E-state index >= 15 is 0 Å². The van der Waals surface area contributed by atoms with Crippen LogP contribution in [-0.2, 0) is 6.42 Å². The molecule has 152 valence electrons. The van der Waals surface area contributed by atoms with Crippen molar-refractivity contribution in [3.63, 3.8) is 0 Å². The summed E-state index contributed by atoms with van der Waals surface area (Å²) in [6, 6.07) is 16.1. The second-order valence-corrected chi connectivity index (χ2v) is 7.28. The number of carbonyl (C=O) groups is 2. The van der Waals surface area contributed by atoms with Gasteiger partial charge in [-0.3, -0.25) is 4.79 Å². The van der Waals surface area contributed by atoms with E-state index in [0.717, 1.165) is 17.5 Å². The number of aryl methyl sites for hydroxylation is 2. The Morgan fingerprint density at radius 2 is 1.73 bits per heavy atom. The van der Waals surface area contributed by atoms with Crippen LogP contribution >= 0.6 is 0 Å². The Morgan fingerprint density at radius 1 is 1.00 bits per heavy atom. The van der Waals surface area contributed by atoms with Gasteiger partial charge >= 0.3 is 5.97 Å². The van der Waals surface area contributed by atoms with Gasteiger partial charge in [-0.25, -0.2) is 10.2 Å². The molecule has 30 heavy (non-hydrogen) atoms. The average molecular weight is 402 g/mol. The molecule has 3 aromatic rings. The summed E-state index contributed by atoms with van der Waals surface area (Å²) in [6.07, 6.45) is 2.22. The van der Waals surface area contributed by atoms with Crippen molar-refractivity contribution in [1.82, 2.24) is 5.43 Å². The predicted octanol–water partition coefficient (Wildman–Crippen LogP) is 4.59. The van der Waals surface area contributed by atoms with Crippen molar-refractivity contribution in [2.45, 2.75) is 33.1 Å². The fourth-order valence-electron chi connectivity index (χ4n) is 3.50. The van der Waals surface area contributed by atoms with Gasteiger partial charge in [0.25, 0.3) is 5.91 Å². The van der Waals surface area contributed by atoms with Crippen LogP contribution in [0.15, 0.2) is 64.1 Å². The van der Waals surface area contributed by atoms with Crippen LogP contribution in [0.3, 0.4) is 0 Å². The number of fused-ring (bicyclic) bond motifs is 1. The van der Waals surface area contributed by atoms with Crippen molar-refractivity contribution in [3.8, 4) is 5.75 Å². The number of hydrazone groups is 1. The van der Waals surface area contributed by atoms with Crippen LogP contribution < -0.4 is 10.2 Å². The SMILES string of the molecule is Cc1ccc(C(=O)N/N=C2\CCCc3oc(C(=O)Oc4ccccc4)c(C)c32)cc1. The van der Waals surface area contributed by atoms with Gasteiger partial charge in [0, 0.05) is 23.1 Å². The molecule has 0 bridgehead atoms. The highest BCUT2D eigenvalue weighted by molar-refractivity contribution is 6.06. The van der Waals surface area contributed by atoms with E-state index in [1.54, 1.807) is 36.4 Å². The van der Waals surface area contributed by atoms with Gasteiger partial charge in [0.05, 0.1) is 5.71 Å². The largest absolute Gasteiger partial charge is 0.453 e. The number of ether oxygens (including phenoxy) is 1. The van der Waals surface area contributed by atoms with Gasteiger partial charge in [-0.2, -0.15) is 5.10 Å². The molecule has 0 spiro atoms. The summed E-state index contributed by atoms with van der Waals surface area (Å²) < 4.78 is 11.3. The summed E-state index contributed by atoms with van der Waals surface area (Å²) in [4.78, 5) is 25.0.